The van der Waals surface area contributed by atoms with E-state index in [-0.39, 0.29) is 18.9 Å². The van der Waals surface area contributed by atoms with E-state index in [1.165, 1.54) is 24.5 Å². The first-order valence-electron chi connectivity index (χ1n) is 7.04. The van der Waals surface area contributed by atoms with Gasteiger partial charge in [-0.3, -0.25) is 19.8 Å². The molecular formula is C14H13FN6O3. The van der Waals surface area contributed by atoms with E-state index in [0.717, 1.165) is 4.90 Å². The van der Waals surface area contributed by atoms with Crippen LogP contribution >= 0.6 is 0 Å². The molecule has 1 aromatic carbocycles. The molecule has 1 aromatic heterocycles. The molecule has 2 aromatic rings. The number of amides is 4. The average molecular weight is 332 g/mol. The fourth-order valence-electron chi connectivity index (χ4n) is 2.32. The number of urea groups is 1. The van der Waals surface area contributed by atoms with Crippen molar-refractivity contribution in [3.8, 4) is 0 Å². The lowest BCUT2D eigenvalue weighted by atomic mass is 10.1. The summed E-state index contributed by atoms with van der Waals surface area (Å²) >= 11 is 0. The molecule has 0 spiro atoms. The molecule has 1 aliphatic rings. The summed E-state index contributed by atoms with van der Waals surface area (Å²) in [7, 11) is 0. The Morgan fingerprint density at radius 2 is 2.21 bits per heavy atom. The van der Waals surface area contributed by atoms with Gasteiger partial charge in [0.15, 0.2) is 0 Å². The summed E-state index contributed by atoms with van der Waals surface area (Å²) < 4.78 is 13.2. The first kappa shape index (κ1) is 15.6. The average Bonchev–Trinajstić information content (AvgIpc) is 3.12. The Balaban J connectivity index is 1.62. The van der Waals surface area contributed by atoms with Gasteiger partial charge in [0.2, 0.25) is 11.9 Å². The van der Waals surface area contributed by atoms with Crippen molar-refractivity contribution in [1.82, 2.24) is 25.4 Å². The van der Waals surface area contributed by atoms with Crippen molar-refractivity contribution >= 4 is 23.8 Å². The molecule has 9 nitrogen and oxygen atoms in total. The lowest BCUT2D eigenvalue weighted by Crippen LogP contribution is -2.34. The number of hydrogen-bond acceptors (Lipinski definition) is 5. The van der Waals surface area contributed by atoms with E-state index in [0.29, 0.717) is 5.56 Å². The summed E-state index contributed by atoms with van der Waals surface area (Å²) in [6, 6.07) is 4.01. The van der Waals surface area contributed by atoms with Crippen molar-refractivity contribution in [2.45, 2.75) is 19.0 Å². The second-order valence-electron chi connectivity index (χ2n) is 5.14. The molecule has 3 N–H and O–H groups in total. The summed E-state index contributed by atoms with van der Waals surface area (Å²) in [5.74, 6) is -1.36. The standard InChI is InChI=1S/C14H13FN6O3/c15-9-3-1-2-8(4-9)6-21-12(23)10(18-14(21)24)5-11(22)19-13-16-7-17-20-13/h1-4,7,10H,5-6H2,(H,18,24)(H2,16,17,19,20,22). The zero-order valence-corrected chi connectivity index (χ0v) is 12.3. The number of imide groups is 1. The van der Waals surface area contributed by atoms with Gasteiger partial charge in [0.1, 0.15) is 18.2 Å². The second-order valence-corrected chi connectivity index (χ2v) is 5.14. The maximum Gasteiger partial charge on any atom is 0.325 e. The Kier molecular flexibility index (Phi) is 4.18. The van der Waals surface area contributed by atoms with Crippen molar-refractivity contribution < 1.29 is 18.8 Å². The minimum Gasteiger partial charge on any atom is -0.325 e. The van der Waals surface area contributed by atoms with Gasteiger partial charge in [-0.15, -0.1) is 0 Å². The van der Waals surface area contributed by atoms with Crippen LogP contribution in [0.15, 0.2) is 30.6 Å². The minimum atomic E-state index is -0.978. The molecule has 1 fully saturated rings. The van der Waals surface area contributed by atoms with Crippen LogP contribution in [0, 0.1) is 5.82 Å². The van der Waals surface area contributed by atoms with Crippen LogP contribution in [0.1, 0.15) is 12.0 Å². The van der Waals surface area contributed by atoms with E-state index in [4.69, 9.17) is 0 Å². The van der Waals surface area contributed by atoms with E-state index in [2.05, 4.69) is 25.8 Å². The third-order valence-electron chi connectivity index (χ3n) is 3.40. The maximum absolute atomic E-state index is 13.2. The second kappa shape index (κ2) is 6.44. The van der Waals surface area contributed by atoms with Crippen molar-refractivity contribution in [1.29, 1.82) is 0 Å². The highest BCUT2D eigenvalue weighted by molar-refractivity contribution is 6.06. The SMILES string of the molecule is O=C(CC1NC(=O)N(Cc2cccc(F)c2)C1=O)Nc1ncn[nH]1. The zero-order chi connectivity index (χ0) is 17.1. The third kappa shape index (κ3) is 3.37. The molecule has 1 saturated heterocycles. The van der Waals surface area contributed by atoms with E-state index >= 15 is 0 Å². The number of aromatic amines is 1. The van der Waals surface area contributed by atoms with Crippen LogP contribution in [-0.2, 0) is 16.1 Å². The van der Waals surface area contributed by atoms with Gasteiger partial charge in [-0.25, -0.2) is 14.3 Å². The molecule has 1 unspecified atom stereocenters. The van der Waals surface area contributed by atoms with Gasteiger partial charge in [0.25, 0.3) is 5.91 Å². The topological polar surface area (TPSA) is 120 Å². The van der Waals surface area contributed by atoms with Crippen molar-refractivity contribution in [3.05, 3.63) is 42.0 Å². The van der Waals surface area contributed by atoms with Crippen LogP contribution in [0.3, 0.4) is 0 Å². The molecule has 0 bridgehead atoms. The Morgan fingerprint density at radius 3 is 2.92 bits per heavy atom. The molecule has 124 valence electrons. The van der Waals surface area contributed by atoms with Gasteiger partial charge in [0.05, 0.1) is 13.0 Å². The highest BCUT2D eigenvalue weighted by Gasteiger charge is 2.39. The van der Waals surface area contributed by atoms with Crippen LogP contribution in [-0.4, -0.2) is 44.0 Å². The summed E-state index contributed by atoms with van der Waals surface area (Å²) in [6.45, 7) is -0.0668. The molecular weight excluding hydrogens is 319 g/mol. The Morgan fingerprint density at radius 1 is 1.38 bits per heavy atom. The summed E-state index contributed by atoms with van der Waals surface area (Å²) in [6.07, 6.45) is 0.976. The third-order valence-corrected chi connectivity index (χ3v) is 3.40. The predicted molar refractivity (Wildman–Crippen MR) is 78.9 cm³/mol. The van der Waals surface area contributed by atoms with Crippen LogP contribution in [0.25, 0.3) is 0 Å². The van der Waals surface area contributed by atoms with Crippen molar-refractivity contribution in [2.24, 2.45) is 0 Å². The van der Waals surface area contributed by atoms with Crippen molar-refractivity contribution in [3.63, 3.8) is 0 Å². The number of hydrogen-bond donors (Lipinski definition) is 3. The van der Waals surface area contributed by atoms with E-state index < -0.39 is 29.7 Å². The number of H-pyrrole nitrogens is 1. The largest absolute Gasteiger partial charge is 0.325 e. The fourth-order valence-corrected chi connectivity index (χ4v) is 2.32. The normalized spacial score (nSPS) is 17.0. The predicted octanol–water partition coefficient (Wildman–Crippen LogP) is 0.393. The summed E-state index contributed by atoms with van der Waals surface area (Å²) in [4.78, 5) is 40.7. The number of carbonyl (C=O) groups excluding carboxylic acids is 3. The monoisotopic (exact) mass is 332 g/mol. The van der Waals surface area contributed by atoms with Crippen LogP contribution in [0.2, 0.25) is 0 Å². The van der Waals surface area contributed by atoms with Crippen molar-refractivity contribution in [2.75, 3.05) is 5.32 Å². The molecule has 24 heavy (non-hydrogen) atoms. The number of rotatable bonds is 5. The molecule has 3 rings (SSSR count). The molecule has 1 atom stereocenters. The minimum absolute atomic E-state index is 0.0668. The van der Waals surface area contributed by atoms with E-state index in [1.807, 2.05) is 0 Å². The lowest BCUT2D eigenvalue weighted by molar-refractivity contribution is -0.130. The number of nitrogens with one attached hydrogen (secondary N) is 3. The van der Waals surface area contributed by atoms with Gasteiger partial charge in [-0.05, 0) is 17.7 Å². The number of carbonyl (C=O) groups is 3. The fraction of sp³-hybridized carbons (Fsp3) is 0.214. The Labute approximate surface area is 135 Å². The lowest BCUT2D eigenvalue weighted by Gasteiger charge is -2.13. The van der Waals surface area contributed by atoms with Crippen LogP contribution in [0.4, 0.5) is 15.1 Å². The molecule has 1 aliphatic heterocycles. The highest BCUT2D eigenvalue weighted by atomic mass is 19.1. The maximum atomic E-state index is 13.2. The van der Waals surface area contributed by atoms with Gasteiger partial charge in [-0.1, -0.05) is 12.1 Å². The van der Waals surface area contributed by atoms with Gasteiger partial charge in [-0.2, -0.15) is 10.1 Å². The van der Waals surface area contributed by atoms with E-state index in [1.54, 1.807) is 6.07 Å². The number of halogens is 1. The highest BCUT2D eigenvalue weighted by Crippen LogP contribution is 2.15. The zero-order valence-electron chi connectivity index (χ0n) is 12.3. The quantitative estimate of drug-likeness (QED) is 0.684. The van der Waals surface area contributed by atoms with Gasteiger partial charge in [0, 0.05) is 0 Å². The first-order chi connectivity index (χ1) is 11.5. The molecule has 4 amide bonds. The van der Waals surface area contributed by atoms with Gasteiger partial charge < -0.3 is 5.32 Å². The number of aromatic nitrogens is 3. The molecule has 10 heteroatoms. The number of benzene rings is 1. The van der Waals surface area contributed by atoms with Crippen LogP contribution in [0.5, 0.6) is 0 Å². The molecule has 0 aliphatic carbocycles. The smallest absolute Gasteiger partial charge is 0.325 e. The first-order valence-corrected chi connectivity index (χ1v) is 7.04. The summed E-state index contributed by atoms with van der Waals surface area (Å²) in [5, 5.41) is 10.9. The number of anilines is 1. The van der Waals surface area contributed by atoms with Gasteiger partial charge >= 0.3 is 6.03 Å². The molecule has 0 radical (unpaired) electrons. The molecule has 0 saturated carbocycles. The Bertz CT molecular complexity index is 779. The Hall–Kier alpha value is -3.30. The number of nitrogens with zero attached hydrogens (tertiary/aromatic N) is 3. The summed E-state index contributed by atoms with van der Waals surface area (Å²) in [5.41, 5.74) is 0.477. The van der Waals surface area contributed by atoms with E-state index in [9.17, 15) is 18.8 Å². The van der Waals surface area contributed by atoms with Crippen LogP contribution < -0.4 is 10.6 Å². The molecule has 2 heterocycles.